The van der Waals surface area contributed by atoms with Gasteiger partial charge in [0.2, 0.25) is 0 Å². The molecule has 0 aliphatic heterocycles. The number of benzene rings is 1. The van der Waals surface area contributed by atoms with E-state index in [0.29, 0.717) is 11.3 Å². The van der Waals surface area contributed by atoms with Crippen molar-refractivity contribution in [1.82, 2.24) is 10.3 Å². The standard InChI is InChI=1S/C16H17BrN2S/c1-18-15-12-6-3-2-5-11(12)8-9-14(15)20-16-13(17)7-4-10-19-16/h2-7,10,14-15,18H,8-9H2,1H3. The number of halogens is 1. The zero-order chi connectivity index (χ0) is 13.9. The van der Waals surface area contributed by atoms with Gasteiger partial charge in [0.1, 0.15) is 5.03 Å². The zero-order valence-electron chi connectivity index (χ0n) is 11.3. The van der Waals surface area contributed by atoms with Crippen molar-refractivity contribution in [1.29, 1.82) is 0 Å². The van der Waals surface area contributed by atoms with Crippen molar-refractivity contribution >= 4 is 27.7 Å². The van der Waals surface area contributed by atoms with Crippen LogP contribution in [-0.2, 0) is 6.42 Å². The van der Waals surface area contributed by atoms with Crippen LogP contribution in [0.3, 0.4) is 0 Å². The fourth-order valence-corrected chi connectivity index (χ4v) is 4.58. The predicted molar refractivity (Wildman–Crippen MR) is 88.1 cm³/mol. The fraction of sp³-hybridized carbons (Fsp3) is 0.312. The molecule has 0 radical (unpaired) electrons. The van der Waals surface area contributed by atoms with E-state index in [9.17, 15) is 0 Å². The molecular formula is C16H17BrN2S. The maximum atomic E-state index is 4.49. The Bertz CT molecular complexity index is 603. The molecule has 3 rings (SSSR count). The van der Waals surface area contributed by atoms with Crippen LogP contribution in [0, 0.1) is 0 Å². The number of nitrogens with zero attached hydrogens (tertiary/aromatic N) is 1. The van der Waals surface area contributed by atoms with Crippen LogP contribution < -0.4 is 5.32 Å². The van der Waals surface area contributed by atoms with Crippen molar-refractivity contribution < 1.29 is 0 Å². The molecule has 0 bridgehead atoms. The van der Waals surface area contributed by atoms with Crippen molar-refractivity contribution in [2.24, 2.45) is 0 Å². The molecule has 1 heterocycles. The van der Waals surface area contributed by atoms with Crippen molar-refractivity contribution in [2.45, 2.75) is 29.2 Å². The lowest BCUT2D eigenvalue weighted by Gasteiger charge is -2.33. The summed E-state index contributed by atoms with van der Waals surface area (Å²) in [5, 5.41) is 5.08. The number of aromatic nitrogens is 1. The van der Waals surface area contributed by atoms with Gasteiger partial charge in [-0.25, -0.2) is 4.98 Å². The number of fused-ring (bicyclic) bond motifs is 1. The first-order chi connectivity index (χ1) is 9.79. The normalized spacial score (nSPS) is 21.5. The average molecular weight is 349 g/mol. The van der Waals surface area contributed by atoms with Gasteiger partial charge in [-0.2, -0.15) is 0 Å². The van der Waals surface area contributed by atoms with Crippen LogP contribution in [0.4, 0.5) is 0 Å². The molecule has 0 amide bonds. The van der Waals surface area contributed by atoms with Crippen LogP contribution in [-0.4, -0.2) is 17.3 Å². The van der Waals surface area contributed by atoms with Crippen LogP contribution in [0.5, 0.6) is 0 Å². The number of hydrogen-bond acceptors (Lipinski definition) is 3. The molecule has 4 heteroatoms. The van der Waals surface area contributed by atoms with Gasteiger partial charge in [-0.3, -0.25) is 0 Å². The number of thioether (sulfide) groups is 1. The number of pyridine rings is 1. The van der Waals surface area contributed by atoms with Gasteiger partial charge in [-0.15, -0.1) is 0 Å². The van der Waals surface area contributed by atoms with Gasteiger partial charge in [0.05, 0.1) is 0 Å². The number of nitrogens with one attached hydrogen (secondary N) is 1. The van der Waals surface area contributed by atoms with Gasteiger partial charge >= 0.3 is 0 Å². The molecule has 1 aromatic heterocycles. The van der Waals surface area contributed by atoms with Crippen molar-refractivity contribution in [3.05, 3.63) is 58.2 Å². The van der Waals surface area contributed by atoms with Gasteiger partial charge in [0.15, 0.2) is 0 Å². The largest absolute Gasteiger partial charge is 0.312 e. The first-order valence-electron chi connectivity index (χ1n) is 6.82. The molecule has 1 N–H and O–H groups in total. The molecule has 1 aliphatic carbocycles. The monoisotopic (exact) mass is 348 g/mol. The van der Waals surface area contributed by atoms with Crippen LogP contribution in [0.2, 0.25) is 0 Å². The number of hydrogen-bond donors (Lipinski definition) is 1. The van der Waals surface area contributed by atoms with E-state index >= 15 is 0 Å². The molecule has 0 saturated heterocycles. The third kappa shape index (κ3) is 2.78. The molecule has 104 valence electrons. The Morgan fingerprint density at radius 3 is 2.90 bits per heavy atom. The average Bonchev–Trinajstić information content (AvgIpc) is 2.49. The highest BCUT2D eigenvalue weighted by Crippen LogP contribution is 2.40. The molecule has 0 saturated carbocycles. The zero-order valence-corrected chi connectivity index (χ0v) is 13.7. The molecule has 2 atom stereocenters. The third-order valence-corrected chi connectivity index (χ3v) is 6.02. The Hall–Kier alpha value is -0.840. The number of aryl methyl sites for hydroxylation is 1. The summed E-state index contributed by atoms with van der Waals surface area (Å²) in [4.78, 5) is 4.49. The highest BCUT2D eigenvalue weighted by atomic mass is 79.9. The summed E-state index contributed by atoms with van der Waals surface area (Å²) in [6.07, 6.45) is 4.19. The number of rotatable bonds is 3. The predicted octanol–water partition coefficient (Wildman–Crippen LogP) is 4.21. The minimum atomic E-state index is 0.388. The highest BCUT2D eigenvalue weighted by Gasteiger charge is 2.29. The van der Waals surface area contributed by atoms with Crippen molar-refractivity contribution in [2.75, 3.05) is 7.05 Å². The summed E-state index contributed by atoms with van der Waals surface area (Å²) in [5.41, 5.74) is 2.91. The first-order valence-corrected chi connectivity index (χ1v) is 8.49. The summed E-state index contributed by atoms with van der Waals surface area (Å²) in [6, 6.07) is 13.2. The second kappa shape index (κ2) is 6.29. The first kappa shape index (κ1) is 14.1. The maximum Gasteiger partial charge on any atom is 0.110 e. The molecule has 2 aromatic rings. The summed E-state index contributed by atoms with van der Waals surface area (Å²) in [5.74, 6) is 0. The Morgan fingerprint density at radius 1 is 1.25 bits per heavy atom. The molecular weight excluding hydrogens is 332 g/mol. The minimum absolute atomic E-state index is 0.388. The molecule has 1 aromatic carbocycles. The summed E-state index contributed by atoms with van der Waals surface area (Å²) < 4.78 is 1.08. The van der Waals surface area contributed by atoms with Gasteiger partial charge < -0.3 is 5.32 Å². The quantitative estimate of drug-likeness (QED) is 0.899. The van der Waals surface area contributed by atoms with E-state index in [4.69, 9.17) is 0 Å². The topological polar surface area (TPSA) is 24.9 Å². The van der Waals surface area contributed by atoms with Crippen LogP contribution in [0.1, 0.15) is 23.6 Å². The lowest BCUT2D eigenvalue weighted by atomic mass is 9.87. The highest BCUT2D eigenvalue weighted by molar-refractivity contribution is 9.10. The van der Waals surface area contributed by atoms with Gasteiger partial charge in [-0.1, -0.05) is 36.0 Å². The molecule has 2 nitrogen and oxygen atoms in total. The molecule has 0 fully saturated rings. The fourth-order valence-electron chi connectivity index (χ4n) is 2.80. The summed E-state index contributed by atoms with van der Waals surface area (Å²) in [7, 11) is 2.05. The minimum Gasteiger partial charge on any atom is -0.312 e. The van der Waals surface area contributed by atoms with Crippen LogP contribution >= 0.6 is 27.7 Å². The van der Waals surface area contributed by atoms with E-state index in [1.807, 2.05) is 31.1 Å². The van der Waals surface area contributed by atoms with E-state index < -0.39 is 0 Å². The van der Waals surface area contributed by atoms with Crippen molar-refractivity contribution in [3.8, 4) is 0 Å². The summed E-state index contributed by atoms with van der Waals surface area (Å²) in [6.45, 7) is 0. The van der Waals surface area contributed by atoms with E-state index in [2.05, 4.69) is 56.6 Å². The Morgan fingerprint density at radius 2 is 2.10 bits per heavy atom. The second-order valence-electron chi connectivity index (χ2n) is 4.95. The van der Waals surface area contributed by atoms with E-state index in [1.165, 1.54) is 17.5 Å². The molecule has 2 unspecified atom stereocenters. The molecule has 20 heavy (non-hydrogen) atoms. The molecule has 0 spiro atoms. The lowest BCUT2D eigenvalue weighted by Crippen LogP contribution is -2.32. The summed E-state index contributed by atoms with van der Waals surface area (Å²) >= 11 is 5.46. The van der Waals surface area contributed by atoms with Gasteiger partial charge in [-0.05, 0) is 59.1 Å². The van der Waals surface area contributed by atoms with E-state index in [1.54, 1.807) is 0 Å². The lowest BCUT2D eigenvalue weighted by molar-refractivity contribution is 0.510. The van der Waals surface area contributed by atoms with E-state index in [0.717, 1.165) is 15.9 Å². The smallest absolute Gasteiger partial charge is 0.110 e. The van der Waals surface area contributed by atoms with Crippen LogP contribution in [0.15, 0.2) is 52.1 Å². The second-order valence-corrected chi connectivity index (χ2v) is 7.03. The van der Waals surface area contributed by atoms with Crippen LogP contribution in [0.25, 0.3) is 0 Å². The Labute approximate surface area is 132 Å². The Balaban J connectivity index is 1.87. The Kier molecular flexibility index (Phi) is 4.44. The molecule has 1 aliphatic rings. The third-order valence-electron chi connectivity index (χ3n) is 3.76. The SMILES string of the molecule is CNC1c2ccccc2CCC1Sc1ncccc1Br. The maximum absolute atomic E-state index is 4.49. The van der Waals surface area contributed by atoms with Gasteiger partial charge in [0, 0.05) is 22.0 Å². The van der Waals surface area contributed by atoms with E-state index in [-0.39, 0.29) is 0 Å². The van der Waals surface area contributed by atoms with Crippen molar-refractivity contribution in [3.63, 3.8) is 0 Å². The van der Waals surface area contributed by atoms with Gasteiger partial charge in [0.25, 0.3) is 0 Å².